The number of hydrogen-bond acceptors (Lipinski definition) is 4. The molecule has 0 aliphatic rings. The van der Waals surface area contributed by atoms with Crippen molar-refractivity contribution in [3.63, 3.8) is 0 Å². The van der Waals surface area contributed by atoms with Gasteiger partial charge in [-0.15, -0.1) is 0 Å². The quantitative estimate of drug-likeness (QED) is 0.168. The molecule has 9 aromatic carbocycles. The average Bonchev–Trinajstić information content (AvgIpc) is 3.87. The van der Waals surface area contributed by atoms with Crippen molar-refractivity contribution in [3.05, 3.63) is 212 Å². The van der Waals surface area contributed by atoms with Crippen molar-refractivity contribution >= 4 is 59.6 Å². The second kappa shape index (κ2) is 14.0. The van der Waals surface area contributed by atoms with Crippen LogP contribution in [0, 0.1) is 0 Å². The van der Waals surface area contributed by atoms with Crippen molar-refractivity contribution in [1.29, 1.82) is 0 Å². The number of aromatic nitrogens is 5. The Bertz CT molecular complexity index is 3520. The first-order chi connectivity index (χ1) is 31.2. The Morgan fingerprint density at radius 2 is 0.603 bits per heavy atom. The summed E-state index contributed by atoms with van der Waals surface area (Å²) in [5, 5.41) is 9.01. The highest BCUT2D eigenvalue weighted by Gasteiger charge is 2.27. The molecule has 4 aromatic heterocycles. The van der Waals surface area contributed by atoms with E-state index < -0.39 is 0 Å². The maximum Gasteiger partial charge on any atom is 0.161 e. The minimum Gasteiger partial charge on any atom is -0.308 e. The Morgan fingerprint density at radius 1 is 0.286 bits per heavy atom. The lowest BCUT2D eigenvalue weighted by Gasteiger charge is -2.14. The third-order valence-corrected chi connectivity index (χ3v) is 12.5. The predicted octanol–water partition coefficient (Wildman–Crippen LogP) is 14.7. The summed E-state index contributed by atoms with van der Waals surface area (Å²) in [4.78, 5) is 21.7. The molecule has 0 aliphatic heterocycles. The van der Waals surface area contributed by atoms with Gasteiger partial charge in [-0.3, -0.25) is 0 Å². The number of fused-ring (bicyclic) bond motifs is 8. The van der Waals surface area contributed by atoms with Crippen molar-refractivity contribution in [3.8, 4) is 67.8 Å². The molecule has 4 heterocycles. The van der Waals surface area contributed by atoms with Gasteiger partial charge in [0.25, 0.3) is 0 Å². The zero-order valence-corrected chi connectivity index (χ0v) is 33.9. The smallest absolute Gasteiger partial charge is 0.161 e. The number of hydrogen-bond donors (Lipinski definition) is 0. The first-order valence-electron chi connectivity index (χ1n) is 21.3. The predicted molar refractivity (Wildman–Crippen MR) is 260 cm³/mol. The van der Waals surface area contributed by atoms with E-state index in [4.69, 9.17) is 19.9 Å². The highest BCUT2D eigenvalue weighted by atomic mass is 14.9. The van der Waals surface area contributed by atoms with E-state index in [9.17, 15) is 0 Å². The van der Waals surface area contributed by atoms with Crippen LogP contribution >= 0.6 is 0 Å². The summed E-state index contributed by atoms with van der Waals surface area (Å²) in [6.07, 6.45) is 0. The molecule has 292 valence electrons. The second-order valence-electron chi connectivity index (χ2n) is 16.2. The standard InChI is InChI=1S/C58H35N5/c1-5-18-36(19-6-1)46-34-47(37-20-7-2-8-21-37)60-57(59-46)54-42-28-15-13-26-40(42)32-50-52(54)44-30-17-31-45-53-51(63(50)56(44)45)33-41-27-14-16-29-43(41)55(53)58-61-48(38-22-9-3-10-23-38)35-49(62-58)39-24-11-4-12-25-39/h1-35H. The molecule has 0 bridgehead atoms. The lowest BCUT2D eigenvalue weighted by molar-refractivity contribution is 1.19. The van der Waals surface area contributed by atoms with Crippen LogP contribution in [0.25, 0.3) is 127 Å². The summed E-state index contributed by atoms with van der Waals surface area (Å²) < 4.78 is 2.47. The number of para-hydroxylation sites is 1. The molecule has 5 nitrogen and oxygen atoms in total. The van der Waals surface area contributed by atoms with Crippen molar-refractivity contribution in [2.75, 3.05) is 0 Å². The van der Waals surface area contributed by atoms with Crippen LogP contribution in [0.3, 0.4) is 0 Å². The van der Waals surface area contributed by atoms with Crippen molar-refractivity contribution < 1.29 is 0 Å². The zero-order valence-electron chi connectivity index (χ0n) is 33.9. The molecule has 0 saturated carbocycles. The molecular weight excluding hydrogens is 767 g/mol. The van der Waals surface area contributed by atoms with Crippen LogP contribution in [0.4, 0.5) is 0 Å². The van der Waals surface area contributed by atoms with E-state index in [0.29, 0.717) is 11.6 Å². The van der Waals surface area contributed by atoms with Crippen molar-refractivity contribution in [2.45, 2.75) is 0 Å². The van der Waals surface area contributed by atoms with Gasteiger partial charge in [0.1, 0.15) is 0 Å². The summed E-state index contributed by atoms with van der Waals surface area (Å²) >= 11 is 0. The fraction of sp³-hybridized carbons (Fsp3) is 0. The molecular formula is C58H35N5. The molecule has 63 heavy (non-hydrogen) atoms. The van der Waals surface area contributed by atoms with Crippen LogP contribution in [0.5, 0.6) is 0 Å². The van der Waals surface area contributed by atoms with E-state index >= 15 is 0 Å². The molecule has 0 amide bonds. The average molecular weight is 802 g/mol. The summed E-state index contributed by atoms with van der Waals surface area (Å²) in [5.41, 5.74) is 13.1. The van der Waals surface area contributed by atoms with Gasteiger partial charge < -0.3 is 4.40 Å². The summed E-state index contributed by atoms with van der Waals surface area (Å²) in [6.45, 7) is 0. The largest absolute Gasteiger partial charge is 0.308 e. The highest BCUT2D eigenvalue weighted by molar-refractivity contribution is 6.32. The van der Waals surface area contributed by atoms with Crippen LogP contribution in [-0.4, -0.2) is 24.3 Å². The maximum atomic E-state index is 5.42. The molecule has 0 unspecified atom stereocenters. The first-order valence-corrected chi connectivity index (χ1v) is 21.3. The van der Waals surface area contributed by atoms with Crippen LogP contribution in [0.2, 0.25) is 0 Å². The summed E-state index contributed by atoms with van der Waals surface area (Å²) in [6, 6.07) is 74.7. The molecule has 13 aromatic rings. The molecule has 0 atom stereocenters. The third-order valence-electron chi connectivity index (χ3n) is 12.5. The molecule has 0 N–H and O–H groups in total. The van der Waals surface area contributed by atoms with Gasteiger partial charge in [-0.2, -0.15) is 0 Å². The monoisotopic (exact) mass is 801 g/mol. The van der Waals surface area contributed by atoms with Crippen molar-refractivity contribution in [2.24, 2.45) is 0 Å². The van der Waals surface area contributed by atoms with E-state index in [-0.39, 0.29) is 0 Å². The van der Waals surface area contributed by atoms with E-state index in [1.807, 2.05) is 24.3 Å². The molecule has 0 aliphatic carbocycles. The van der Waals surface area contributed by atoms with Gasteiger partial charge >= 0.3 is 0 Å². The van der Waals surface area contributed by atoms with Crippen LogP contribution < -0.4 is 0 Å². The molecule has 13 rings (SSSR count). The summed E-state index contributed by atoms with van der Waals surface area (Å²) in [7, 11) is 0. The third kappa shape index (κ3) is 5.57. The van der Waals surface area contributed by atoms with Crippen molar-refractivity contribution in [1.82, 2.24) is 24.3 Å². The topological polar surface area (TPSA) is 56.0 Å². The van der Waals surface area contributed by atoms with Crippen LogP contribution in [0.15, 0.2) is 212 Å². The van der Waals surface area contributed by atoms with E-state index in [1.165, 1.54) is 0 Å². The van der Waals surface area contributed by atoms with Gasteiger partial charge in [0.15, 0.2) is 11.6 Å². The first kappa shape index (κ1) is 35.2. The molecule has 0 fully saturated rings. The lowest BCUT2D eigenvalue weighted by atomic mass is 9.94. The lowest BCUT2D eigenvalue weighted by Crippen LogP contribution is -1.98. The fourth-order valence-electron chi connectivity index (χ4n) is 9.73. The maximum absolute atomic E-state index is 5.42. The van der Waals surface area contributed by atoms with Gasteiger partial charge in [-0.05, 0) is 45.8 Å². The molecule has 0 saturated heterocycles. The zero-order chi connectivity index (χ0) is 41.4. The molecule has 0 radical (unpaired) electrons. The van der Waals surface area contributed by atoms with Gasteiger partial charge in [0, 0.05) is 54.9 Å². The molecule has 5 heteroatoms. The number of nitrogens with zero attached hydrogens (tertiary/aromatic N) is 5. The van der Waals surface area contributed by atoms with Gasteiger partial charge in [0.05, 0.1) is 39.3 Å². The van der Waals surface area contributed by atoms with E-state index in [1.54, 1.807) is 0 Å². The minimum atomic E-state index is 0.695. The number of benzene rings is 9. The Balaban J connectivity index is 1.16. The molecule has 0 spiro atoms. The van der Waals surface area contributed by atoms with Crippen LogP contribution in [-0.2, 0) is 0 Å². The van der Waals surface area contributed by atoms with Gasteiger partial charge in [-0.25, -0.2) is 19.9 Å². The van der Waals surface area contributed by atoms with E-state index in [2.05, 4.69) is 192 Å². The minimum absolute atomic E-state index is 0.695. The van der Waals surface area contributed by atoms with Crippen LogP contribution in [0.1, 0.15) is 0 Å². The Hall–Kier alpha value is -8.54. The second-order valence-corrected chi connectivity index (χ2v) is 16.2. The highest BCUT2D eigenvalue weighted by Crippen LogP contribution is 2.49. The van der Waals surface area contributed by atoms with Gasteiger partial charge in [-0.1, -0.05) is 188 Å². The Kier molecular flexibility index (Phi) is 7.84. The summed E-state index contributed by atoms with van der Waals surface area (Å²) in [5.74, 6) is 1.39. The van der Waals surface area contributed by atoms with E-state index in [0.717, 1.165) is 116 Å². The Labute approximate surface area is 362 Å². The van der Waals surface area contributed by atoms with Gasteiger partial charge in [0.2, 0.25) is 0 Å². The fourth-order valence-corrected chi connectivity index (χ4v) is 9.73. The SMILES string of the molecule is c1ccc(-c2cc(-c3ccccc3)nc(-c3c4ccccc4cc4c3c3cccc5c6c(-c7nc(-c8ccccc8)cc(-c8ccccc8)n7)c7ccccc7cc6n4c35)n2)cc1. The number of rotatable bonds is 6. The normalized spacial score (nSPS) is 11.8. The Morgan fingerprint density at radius 3 is 0.968 bits per heavy atom.